The van der Waals surface area contributed by atoms with E-state index in [0.29, 0.717) is 27.9 Å². The van der Waals surface area contributed by atoms with E-state index in [1.807, 2.05) is 0 Å². The monoisotopic (exact) mass is 334 g/mol. The van der Waals surface area contributed by atoms with Gasteiger partial charge in [0, 0.05) is 5.02 Å². The first-order valence-corrected chi connectivity index (χ1v) is 7.93. The van der Waals surface area contributed by atoms with Crippen molar-refractivity contribution >= 4 is 40.1 Å². The molecule has 112 valence electrons. The van der Waals surface area contributed by atoms with Crippen LogP contribution in [0, 0.1) is 5.82 Å². The molecule has 1 amide bonds. The molecule has 1 aliphatic heterocycles. The van der Waals surface area contributed by atoms with Crippen LogP contribution in [0.2, 0.25) is 5.02 Å². The molecular formula is C16H12ClFN2OS. The van der Waals surface area contributed by atoms with Gasteiger partial charge in [-0.1, -0.05) is 41.6 Å². The minimum Gasteiger partial charge on any atom is -0.304 e. The van der Waals surface area contributed by atoms with Crippen LogP contribution in [0.1, 0.15) is 5.56 Å². The van der Waals surface area contributed by atoms with Crippen LogP contribution in [0.4, 0.5) is 10.1 Å². The zero-order valence-corrected chi connectivity index (χ0v) is 13.0. The van der Waals surface area contributed by atoms with Crippen molar-refractivity contribution in [3.8, 4) is 0 Å². The van der Waals surface area contributed by atoms with Gasteiger partial charge in [0.1, 0.15) is 5.82 Å². The number of hydrogen-bond acceptors (Lipinski definition) is 3. The van der Waals surface area contributed by atoms with Gasteiger partial charge in [-0.2, -0.15) is 0 Å². The third-order valence-electron chi connectivity index (χ3n) is 3.20. The Balaban J connectivity index is 1.73. The van der Waals surface area contributed by atoms with Gasteiger partial charge >= 0.3 is 0 Å². The molecule has 1 heterocycles. The number of amidine groups is 1. The fourth-order valence-electron chi connectivity index (χ4n) is 2.09. The van der Waals surface area contributed by atoms with Crippen molar-refractivity contribution in [2.75, 3.05) is 0 Å². The summed E-state index contributed by atoms with van der Waals surface area (Å²) in [5, 5.41) is 3.50. The van der Waals surface area contributed by atoms with E-state index in [1.165, 1.54) is 17.8 Å². The molecule has 3 nitrogen and oxygen atoms in total. The molecule has 1 fully saturated rings. The van der Waals surface area contributed by atoms with Crippen LogP contribution in [0.15, 0.2) is 53.5 Å². The Morgan fingerprint density at radius 2 is 1.91 bits per heavy atom. The van der Waals surface area contributed by atoms with E-state index >= 15 is 0 Å². The van der Waals surface area contributed by atoms with Gasteiger partial charge in [0.25, 0.3) is 0 Å². The number of thioether (sulfide) groups is 1. The molecule has 2 aromatic carbocycles. The first-order valence-electron chi connectivity index (χ1n) is 6.67. The maximum absolute atomic E-state index is 13.7. The largest absolute Gasteiger partial charge is 0.304 e. The number of carbonyl (C=O) groups is 1. The van der Waals surface area contributed by atoms with Crippen LogP contribution in [0.5, 0.6) is 0 Å². The van der Waals surface area contributed by atoms with Crippen LogP contribution in [-0.4, -0.2) is 16.3 Å². The highest BCUT2D eigenvalue weighted by molar-refractivity contribution is 8.15. The van der Waals surface area contributed by atoms with Crippen molar-refractivity contribution in [3.05, 3.63) is 64.9 Å². The van der Waals surface area contributed by atoms with Crippen LogP contribution >= 0.6 is 23.4 Å². The molecule has 1 atom stereocenters. The zero-order valence-electron chi connectivity index (χ0n) is 11.4. The summed E-state index contributed by atoms with van der Waals surface area (Å²) in [4.78, 5) is 16.3. The number of carbonyl (C=O) groups excluding carboxylic acids is 1. The van der Waals surface area contributed by atoms with Crippen LogP contribution in [0.3, 0.4) is 0 Å². The highest BCUT2D eigenvalue weighted by atomic mass is 35.5. The summed E-state index contributed by atoms with van der Waals surface area (Å²) in [5.41, 5.74) is 1.24. The SMILES string of the molecule is O=C1NC(=Nc2ccc(Cl)cc2)SC1Cc1ccccc1F. The summed E-state index contributed by atoms with van der Waals surface area (Å²) in [6.07, 6.45) is 0.336. The fraction of sp³-hybridized carbons (Fsp3) is 0.125. The molecule has 1 aliphatic rings. The summed E-state index contributed by atoms with van der Waals surface area (Å²) in [6, 6.07) is 13.5. The Kier molecular flexibility index (Phi) is 4.45. The standard InChI is InChI=1S/C16H12ClFN2OS/c17-11-5-7-12(8-6-11)19-16-20-15(21)14(22-16)9-10-3-1-2-4-13(10)18/h1-8,14H,9H2,(H,19,20,21). The lowest BCUT2D eigenvalue weighted by molar-refractivity contribution is -0.118. The topological polar surface area (TPSA) is 41.5 Å². The number of benzene rings is 2. The van der Waals surface area contributed by atoms with E-state index in [1.54, 1.807) is 42.5 Å². The van der Waals surface area contributed by atoms with Crippen molar-refractivity contribution in [1.29, 1.82) is 0 Å². The molecule has 22 heavy (non-hydrogen) atoms. The van der Waals surface area contributed by atoms with Crippen molar-refractivity contribution in [3.63, 3.8) is 0 Å². The highest BCUT2D eigenvalue weighted by Gasteiger charge is 2.30. The zero-order chi connectivity index (χ0) is 15.5. The van der Waals surface area contributed by atoms with E-state index in [4.69, 9.17) is 11.6 Å². The van der Waals surface area contributed by atoms with Crippen LogP contribution < -0.4 is 5.32 Å². The lowest BCUT2D eigenvalue weighted by atomic mass is 10.1. The number of hydrogen-bond donors (Lipinski definition) is 1. The maximum Gasteiger partial charge on any atom is 0.239 e. The van der Waals surface area contributed by atoms with Crippen molar-refractivity contribution in [2.45, 2.75) is 11.7 Å². The Morgan fingerprint density at radius 3 is 2.64 bits per heavy atom. The third kappa shape index (κ3) is 3.48. The molecule has 0 bridgehead atoms. The lowest BCUT2D eigenvalue weighted by Crippen LogP contribution is -2.26. The minimum atomic E-state index is -0.372. The van der Waals surface area contributed by atoms with Crippen molar-refractivity contribution < 1.29 is 9.18 Å². The van der Waals surface area contributed by atoms with Gasteiger partial charge in [0.15, 0.2) is 5.17 Å². The molecular weight excluding hydrogens is 323 g/mol. The number of rotatable bonds is 3. The van der Waals surface area contributed by atoms with E-state index in [9.17, 15) is 9.18 Å². The maximum atomic E-state index is 13.7. The highest BCUT2D eigenvalue weighted by Crippen LogP contribution is 2.26. The summed E-state index contributed by atoms with van der Waals surface area (Å²) in [7, 11) is 0. The normalized spacial score (nSPS) is 19.5. The number of halogens is 2. The van der Waals surface area contributed by atoms with Crippen LogP contribution in [-0.2, 0) is 11.2 Å². The molecule has 6 heteroatoms. The average Bonchev–Trinajstić information content (AvgIpc) is 2.84. The summed E-state index contributed by atoms with van der Waals surface area (Å²) in [5.74, 6) is -0.444. The number of nitrogens with zero attached hydrogens (tertiary/aromatic N) is 1. The molecule has 0 spiro atoms. The Hall–Kier alpha value is -1.85. The quantitative estimate of drug-likeness (QED) is 0.923. The predicted molar refractivity (Wildman–Crippen MR) is 88.2 cm³/mol. The van der Waals surface area contributed by atoms with Crippen molar-refractivity contribution in [2.24, 2.45) is 4.99 Å². The molecule has 0 radical (unpaired) electrons. The van der Waals surface area contributed by atoms with Gasteiger partial charge in [0.2, 0.25) is 5.91 Å². The van der Waals surface area contributed by atoms with E-state index in [-0.39, 0.29) is 17.0 Å². The smallest absolute Gasteiger partial charge is 0.239 e. The first-order chi connectivity index (χ1) is 10.6. The molecule has 1 unspecified atom stereocenters. The van der Waals surface area contributed by atoms with Gasteiger partial charge in [-0.25, -0.2) is 9.38 Å². The van der Waals surface area contributed by atoms with E-state index in [0.717, 1.165) is 0 Å². The number of aliphatic imine (C=N–C) groups is 1. The second-order valence-corrected chi connectivity index (χ2v) is 6.41. The van der Waals surface area contributed by atoms with Gasteiger partial charge in [-0.05, 0) is 42.3 Å². The van der Waals surface area contributed by atoms with Gasteiger partial charge < -0.3 is 5.32 Å². The minimum absolute atomic E-state index is 0.152. The Bertz CT molecular complexity index is 733. The van der Waals surface area contributed by atoms with Gasteiger partial charge in [-0.3, -0.25) is 4.79 Å². The fourth-order valence-corrected chi connectivity index (χ4v) is 3.23. The molecule has 2 aromatic rings. The summed E-state index contributed by atoms with van der Waals surface area (Å²) < 4.78 is 13.7. The average molecular weight is 335 g/mol. The van der Waals surface area contributed by atoms with Gasteiger partial charge in [-0.15, -0.1) is 0 Å². The molecule has 0 saturated carbocycles. The molecule has 1 saturated heterocycles. The number of nitrogens with one attached hydrogen (secondary N) is 1. The third-order valence-corrected chi connectivity index (χ3v) is 4.53. The number of amides is 1. The lowest BCUT2D eigenvalue weighted by Gasteiger charge is -2.06. The molecule has 0 aliphatic carbocycles. The van der Waals surface area contributed by atoms with E-state index in [2.05, 4.69) is 10.3 Å². The second kappa shape index (κ2) is 6.50. The molecule has 3 rings (SSSR count). The Morgan fingerprint density at radius 1 is 1.18 bits per heavy atom. The first kappa shape index (κ1) is 15.1. The summed E-state index contributed by atoms with van der Waals surface area (Å²) >= 11 is 7.13. The Labute approximate surface area is 136 Å². The molecule has 0 aromatic heterocycles. The molecule has 1 N–H and O–H groups in total. The van der Waals surface area contributed by atoms with Crippen molar-refractivity contribution in [1.82, 2.24) is 5.32 Å². The van der Waals surface area contributed by atoms with Crippen LogP contribution in [0.25, 0.3) is 0 Å². The van der Waals surface area contributed by atoms with Gasteiger partial charge in [0.05, 0.1) is 10.9 Å². The van der Waals surface area contributed by atoms with E-state index < -0.39 is 0 Å². The predicted octanol–water partition coefficient (Wildman–Crippen LogP) is 3.94. The second-order valence-electron chi connectivity index (χ2n) is 4.78. The summed E-state index contributed by atoms with van der Waals surface area (Å²) in [6.45, 7) is 0.